The summed E-state index contributed by atoms with van der Waals surface area (Å²) in [6, 6.07) is 10.3. The zero-order valence-electron chi connectivity index (χ0n) is 11.7. The number of para-hydroxylation sites is 1. The van der Waals surface area contributed by atoms with Gasteiger partial charge in [-0.3, -0.25) is 0 Å². The molecule has 0 fully saturated rings. The van der Waals surface area contributed by atoms with Crippen LogP contribution in [0.4, 0.5) is 0 Å². The molecule has 4 heteroatoms. The Morgan fingerprint density at radius 1 is 1.21 bits per heavy atom. The third-order valence-corrected chi connectivity index (χ3v) is 3.04. The molecule has 0 saturated heterocycles. The summed E-state index contributed by atoms with van der Waals surface area (Å²) in [5.74, 6) is 0.721. The van der Waals surface area contributed by atoms with Crippen LogP contribution in [0.25, 0.3) is 10.9 Å². The van der Waals surface area contributed by atoms with Crippen molar-refractivity contribution in [1.82, 2.24) is 4.98 Å². The van der Waals surface area contributed by atoms with Crippen LogP contribution in [-0.4, -0.2) is 32.6 Å². The van der Waals surface area contributed by atoms with E-state index in [2.05, 4.69) is 30.0 Å². The normalized spacial score (nSPS) is 10.6. The number of pyridine rings is 1. The predicted molar refractivity (Wildman–Crippen MR) is 80.4 cm³/mol. The average Bonchev–Trinajstić information content (AvgIpc) is 2.44. The highest BCUT2D eigenvalue weighted by atomic mass is 16.5. The molecular formula is C15H20BNO2. The van der Waals surface area contributed by atoms with Gasteiger partial charge in [0.1, 0.15) is 7.28 Å². The minimum Gasteiger partial charge on any atom is -0.478 e. The summed E-state index contributed by atoms with van der Waals surface area (Å²) in [5.41, 5.74) is 2.32. The lowest BCUT2D eigenvalue weighted by Crippen LogP contribution is -2.04. The maximum absolute atomic E-state index is 5.71. The van der Waals surface area contributed by atoms with Gasteiger partial charge in [0.05, 0.1) is 12.1 Å². The molecule has 0 aliphatic carbocycles. The summed E-state index contributed by atoms with van der Waals surface area (Å²) in [6.07, 6.45) is 1.94. The van der Waals surface area contributed by atoms with E-state index >= 15 is 0 Å². The topological polar surface area (TPSA) is 31.4 Å². The van der Waals surface area contributed by atoms with Crippen LogP contribution in [0.3, 0.4) is 0 Å². The minimum atomic E-state index is 0.644. The first-order valence-electron chi connectivity index (χ1n) is 6.85. The number of methoxy groups -OCH3 is 1. The van der Waals surface area contributed by atoms with Crippen LogP contribution in [0.5, 0.6) is 5.88 Å². The lowest BCUT2D eigenvalue weighted by atomic mass is 9.74. The van der Waals surface area contributed by atoms with Crippen molar-refractivity contribution in [3.8, 4) is 5.88 Å². The molecule has 1 heterocycles. The summed E-state index contributed by atoms with van der Waals surface area (Å²) in [5, 5.41) is 1.23. The number of ether oxygens (including phenoxy) is 2. The molecule has 2 rings (SSSR count). The highest BCUT2D eigenvalue weighted by Crippen LogP contribution is 2.22. The fourth-order valence-corrected chi connectivity index (χ4v) is 2.15. The minimum absolute atomic E-state index is 0.644. The quantitative estimate of drug-likeness (QED) is 0.564. The van der Waals surface area contributed by atoms with E-state index in [9.17, 15) is 0 Å². The van der Waals surface area contributed by atoms with Gasteiger partial charge in [0.2, 0.25) is 5.88 Å². The second kappa shape index (κ2) is 7.14. The molecule has 19 heavy (non-hydrogen) atoms. The van der Waals surface area contributed by atoms with Gasteiger partial charge in [-0.1, -0.05) is 31.3 Å². The molecule has 0 radical (unpaired) electrons. The van der Waals surface area contributed by atoms with E-state index < -0.39 is 0 Å². The lowest BCUT2D eigenvalue weighted by Gasteiger charge is -2.10. The molecule has 1 aromatic heterocycles. The third kappa shape index (κ3) is 3.71. The smallest absolute Gasteiger partial charge is 0.214 e. The van der Waals surface area contributed by atoms with Crippen LogP contribution in [0.15, 0.2) is 30.3 Å². The van der Waals surface area contributed by atoms with Crippen molar-refractivity contribution in [2.75, 3.05) is 20.3 Å². The van der Waals surface area contributed by atoms with Crippen molar-refractivity contribution in [3.05, 3.63) is 35.9 Å². The van der Waals surface area contributed by atoms with Crippen LogP contribution in [-0.2, 0) is 11.1 Å². The second-order valence-electron chi connectivity index (χ2n) is 4.58. The number of fused-ring (bicyclic) bond motifs is 1. The SMILES string of the molecule is CBCc1cc(OCCCOC)nc2ccccc12. The molecule has 0 unspecified atom stereocenters. The van der Waals surface area contributed by atoms with E-state index in [1.807, 2.05) is 12.1 Å². The number of benzene rings is 1. The van der Waals surface area contributed by atoms with Crippen molar-refractivity contribution in [2.24, 2.45) is 0 Å². The van der Waals surface area contributed by atoms with Crippen molar-refractivity contribution in [3.63, 3.8) is 0 Å². The van der Waals surface area contributed by atoms with E-state index in [1.165, 1.54) is 10.9 Å². The van der Waals surface area contributed by atoms with Crippen molar-refractivity contribution < 1.29 is 9.47 Å². The Morgan fingerprint density at radius 2 is 2.05 bits per heavy atom. The number of aromatic nitrogens is 1. The van der Waals surface area contributed by atoms with Gasteiger partial charge in [0.25, 0.3) is 0 Å². The first-order chi connectivity index (χ1) is 9.35. The maximum Gasteiger partial charge on any atom is 0.214 e. The van der Waals surface area contributed by atoms with E-state index in [-0.39, 0.29) is 0 Å². The fourth-order valence-electron chi connectivity index (χ4n) is 2.15. The van der Waals surface area contributed by atoms with E-state index in [0.29, 0.717) is 6.61 Å². The van der Waals surface area contributed by atoms with Gasteiger partial charge >= 0.3 is 0 Å². The van der Waals surface area contributed by atoms with Crippen molar-refractivity contribution in [1.29, 1.82) is 0 Å². The Hall–Kier alpha value is -1.55. The molecule has 0 amide bonds. The third-order valence-electron chi connectivity index (χ3n) is 3.04. The molecule has 0 saturated carbocycles. The van der Waals surface area contributed by atoms with Gasteiger partial charge in [-0.05, 0) is 11.6 Å². The van der Waals surface area contributed by atoms with Crippen LogP contribution < -0.4 is 4.74 Å². The summed E-state index contributed by atoms with van der Waals surface area (Å²) in [7, 11) is 2.82. The van der Waals surface area contributed by atoms with E-state index in [1.54, 1.807) is 7.11 Å². The van der Waals surface area contributed by atoms with E-state index in [0.717, 1.165) is 38.0 Å². The second-order valence-corrected chi connectivity index (χ2v) is 4.58. The standard InChI is InChI=1S/C15H20BNO2/c1-16-11-12-10-15(19-9-5-8-18-2)17-14-7-4-3-6-13(12)14/h3-4,6-7,10,16H,5,8-9,11H2,1-2H3. The Labute approximate surface area is 115 Å². The molecule has 0 aliphatic rings. The van der Waals surface area contributed by atoms with Gasteiger partial charge in [-0.2, -0.15) is 0 Å². The molecule has 0 aliphatic heterocycles. The average molecular weight is 257 g/mol. The number of hydrogen-bond donors (Lipinski definition) is 0. The molecule has 0 atom stereocenters. The molecular weight excluding hydrogens is 237 g/mol. The summed E-state index contributed by atoms with van der Waals surface area (Å²) in [4.78, 5) is 4.55. The molecule has 0 N–H and O–H groups in total. The molecule has 100 valence electrons. The molecule has 0 spiro atoms. The highest BCUT2D eigenvalue weighted by Gasteiger charge is 2.06. The largest absolute Gasteiger partial charge is 0.478 e. The van der Waals surface area contributed by atoms with Gasteiger partial charge in [-0.25, -0.2) is 4.98 Å². The van der Waals surface area contributed by atoms with Crippen LogP contribution in [0.1, 0.15) is 12.0 Å². The highest BCUT2D eigenvalue weighted by molar-refractivity contribution is 6.33. The molecule has 0 bridgehead atoms. The monoisotopic (exact) mass is 257 g/mol. The van der Waals surface area contributed by atoms with Crippen LogP contribution in [0.2, 0.25) is 6.82 Å². The van der Waals surface area contributed by atoms with Crippen LogP contribution >= 0.6 is 0 Å². The Morgan fingerprint density at radius 3 is 2.84 bits per heavy atom. The molecule has 1 aromatic carbocycles. The Kier molecular flexibility index (Phi) is 5.22. The number of nitrogens with zero attached hydrogens (tertiary/aromatic N) is 1. The predicted octanol–water partition coefficient (Wildman–Crippen LogP) is 2.63. The molecule has 3 nitrogen and oxygen atoms in total. The first kappa shape index (κ1) is 13.9. The van der Waals surface area contributed by atoms with Gasteiger partial charge < -0.3 is 9.47 Å². The maximum atomic E-state index is 5.71. The van der Waals surface area contributed by atoms with Crippen LogP contribution in [0, 0.1) is 0 Å². The molecule has 2 aromatic rings. The van der Waals surface area contributed by atoms with Gasteiger partial charge in [-0.15, -0.1) is 0 Å². The summed E-state index contributed by atoms with van der Waals surface area (Å²) < 4.78 is 10.7. The summed E-state index contributed by atoms with van der Waals surface area (Å²) >= 11 is 0. The van der Waals surface area contributed by atoms with Gasteiger partial charge in [0, 0.05) is 31.6 Å². The Balaban J connectivity index is 2.19. The zero-order chi connectivity index (χ0) is 13.5. The fraction of sp³-hybridized carbons (Fsp3) is 0.400. The zero-order valence-corrected chi connectivity index (χ0v) is 11.7. The van der Waals surface area contributed by atoms with Gasteiger partial charge in [0.15, 0.2) is 0 Å². The van der Waals surface area contributed by atoms with Crippen molar-refractivity contribution in [2.45, 2.75) is 19.6 Å². The van der Waals surface area contributed by atoms with E-state index in [4.69, 9.17) is 9.47 Å². The summed E-state index contributed by atoms with van der Waals surface area (Å²) in [6.45, 7) is 3.55. The van der Waals surface area contributed by atoms with Crippen molar-refractivity contribution >= 4 is 18.2 Å². The number of rotatable bonds is 7. The first-order valence-corrected chi connectivity index (χ1v) is 6.85. The Bertz CT molecular complexity index is 531. The number of hydrogen-bond acceptors (Lipinski definition) is 3. The lowest BCUT2D eigenvalue weighted by molar-refractivity contribution is 0.170.